The highest BCUT2D eigenvalue weighted by Crippen LogP contribution is 2.28. The Morgan fingerprint density at radius 2 is 2.15 bits per heavy atom. The zero-order valence-electron chi connectivity index (χ0n) is 10.9. The van der Waals surface area contributed by atoms with E-state index >= 15 is 0 Å². The second-order valence-electron chi connectivity index (χ2n) is 4.77. The smallest absolute Gasteiger partial charge is 0.273 e. The number of nitrogens with zero attached hydrogens (tertiary/aromatic N) is 1. The summed E-state index contributed by atoms with van der Waals surface area (Å²) in [5.74, 6) is 0.321. The summed E-state index contributed by atoms with van der Waals surface area (Å²) < 4.78 is 0.807. The van der Waals surface area contributed by atoms with Crippen LogP contribution in [-0.4, -0.2) is 23.9 Å². The second-order valence-corrected chi connectivity index (χ2v) is 5.69. The number of nitro benzene ring substituents is 1. The van der Waals surface area contributed by atoms with Gasteiger partial charge in [-0.05, 0) is 25.0 Å². The maximum absolute atomic E-state index is 11.4. The van der Waals surface area contributed by atoms with Gasteiger partial charge in [-0.3, -0.25) is 14.9 Å². The lowest BCUT2D eigenvalue weighted by Crippen LogP contribution is -2.32. The minimum absolute atomic E-state index is 0.0997. The molecule has 20 heavy (non-hydrogen) atoms. The summed E-state index contributed by atoms with van der Waals surface area (Å²) in [6, 6.07) is 4.86. The molecule has 1 aliphatic rings. The van der Waals surface area contributed by atoms with E-state index in [1.807, 2.05) is 0 Å². The number of carbonyl (C=O) groups excluding carboxylic acids is 1. The van der Waals surface area contributed by atoms with Crippen molar-refractivity contribution in [3.8, 4) is 0 Å². The fourth-order valence-corrected chi connectivity index (χ4v) is 2.27. The molecular formula is C13H16BrN3O3. The number of nitro groups is 1. The van der Waals surface area contributed by atoms with Crippen LogP contribution in [0.25, 0.3) is 0 Å². The molecule has 0 spiro atoms. The maximum Gasteiger partial charge on any atom is 0.273 e. The molecular weight excluding hydrogens is 326 g/mol. The van der Waals surface area contributed by atoms with E-state index in [4.69, 9.17) is 0 Å². The third-order valence-corrected chi connectivity index (χ3v) is 3.60. The lowest BCUT2D eigenvalue weighted by atomic mass is 10.2. The van der Waals surface area contributed by atoms with Crippen molar-refractivity contribution in [1.29, 1.82) is 0 Å². The number of hydrogen-bond donors (Lipinski definition) is 2. The molecule has 1 amide bonds. The first-order chi connectivity index (χ1) is 9.58. The van der Waals surface area contributed by atoms with Gasteiger partial charge >= 0.3 is 0 Å². The van der Waals surface area contributed by atoms with Crippen molar-refractivity contribution in [3.63, 3.8) is 0 Å². The van der Waals surface area contributed by atoms with Gasteiger partial charge in [0.1, 0.15) is 0 Å². The number of amides is 1. The van der Waals surface area contributed by atoms with Crippen molar-refractivity contribution < 1.29 is 9.72 Å². The van der Waals surface area contributed by atoms with Crippen LogP contribution < -0.4 is 10.6 Å². The average Bonchev–Trinajstić information content (AvgIpc) is 3.22. The van der Waals surface area contributed by atoms with Gasteiger partial charge in [0.2, 0.25) is 5.91 Å². The lowest BCUT2D eigenvalue weighted by molar-refractivity contribution is -0.385. The standard InChI is InChI=1S/C13H16BrN3O3/c14-11-3-4-12(17(19)20)10(7-11)8-15-5-6-16-13(18)9-1-2-9/h3-4,7,9,15H,1-2,5-6,8H2,(H,16,18). The quantitative estimate of drug-likeness (QED) is 0.451. The van der Waals surface area contributed by atoms with Crippen molar-refractivity contribution >= 4 is 27.5 Å². The number of halogens is 1. The van der Waals surface area contributed by atoms with Crippen LogP contribution in [0, 0.1) is 16.0 Å². The molecule has 1 aromatic rings. The third kappa shape index (κ3) is 4.28. The Morgan fingerprint density at radius 1 is 1.40 bits per heavy atom. The van der Waals surface area contributed by atoms with Gasteiger partial charge in [-0.2, -0.15) is 0 Å². The van der Waals surface area contributed by atoms with Gasteiger partial charge in [-0.1, -0.05) is 15.9 Å². The Hall–Kier alpha value is -1.47. The van der Waals surface area contributed by atoms with E-state index in [0.29, 0.717) is 25.2 Å². The molecule has 0 atom stereocenters. The molecule has 6 nitrogen and oxygen atoms in total. The minimum atomic E-state index is -0.391. The van der Waals surface area contributed by atoms with Crippen LogP contribution >= 0.6 is 15.9 Å². The molecule has 0 saturated heterocycles. The van der Waals surface area contributed by atoms with E-state index in [2.05, 4.69) is 26.6 Å². The Kier molecular flexibility index (Phi) is 5.08. The van der Waals surface area contributed by atoms with Crippen molar-refractivity contribution in [3.05, 3.63) is 38.3 Å². The number of rotatable bonds is 7. The Bertz CT molecular complexity index is 518. The number of benzene rings is 1. The molecule has 0 aromatic heterocycles. The van der Waals surface area contributed by atoms with E-state index in [0.717, 1.165) is 17.3 Å². The van der Waals surface area contributed by atoms with Crippen LogP contribution in [-0.2, 0) is 11.3 Å². The van der Waals surface area contributed by atoms with Crippen LogP contribution in [0.3, 0.4) is 0 Å². The Balaban J connectivity index is 1.76. The van der Waals surface area contributed by atoms with Gasteiger partial charge < -0.3 is 10.6 Å². The number of carbonyl (C=O) groups is 1. The molecule has 0 aliphatic heterocycles. The molecule has 0 bridgehead atoms. The van der Waals surface area contributed by atoms with Gasteiger partial charge in [-0.15, -0.1) is 0 Å². The maximum atomic E-state index is 11.4. The molecule has 2 N–H and O–H groups in total. The molecule has 0 unspecified atom stereocenters. The summed E-state index contributed by atoms with van der Waals surface area (Å²) in [6.07, 6.45) is 1.98. The predicted molar refractivity (Wildman–Crippen MR) is 78.2 cm³/mol. The summed E-state index contributed by atoms with van der Waals surface area (Å²) in [4.78, 5) is 21.9. The third-order valence-electron chi connectivity index (χ3n) is 3.10. The summed E-state index contributed by atoms with van der Waals surface area (Å²) in [7, 11) is 0. The van der Waals surface area contributed by atoms with E-state index in [-0.39, 0.29) is 17.5 Å². The average molecular weight is 342 g/mol. The highest BCUT2D eigenvalue weighted by atomic mass is 79.9. The van der Waals surface area contributed by atoms with E-state index in [1.54, 1.807) is 12.1 Å². The van der Waals surface area contributed by atoms with E-state index in [9.17, 15) is 14.9 Å². The SMILES string of the molecule is O=C(NCCNCc1cc(Br)ccc1[N+](=O)[O-])C1CC1. The van der Waals surface area contributed by atoms with Crippen molar-refractivity contribution in [1.82, 2.24) is 10.6 Å². The largest absolute Gasteiger partial charge is 0.355 e. The number of hydrogen-bond acceptors (Lipinski definition) is 4. The van der Waals surface area contributed by atoms with Gasteiger partial charge in [0.05, 0.1) is 4.92 Å². The van der Waals surface area contributed by atoms with Crippen molar-refractivity contribution in [2.75, 3.05) is 13.1 Å². The highest BCUT2D eigenvalue weighted by Gasteiger charge is 2.28. The lowest BCUT2D eigenvalue weighted by Gasteiger charge is -2.07. The minimum Gasteiger partial charge on any atom is -0.355 e. The monoisotopic (exact) mass is 341 g/mol. The first-order valence-electron chi connectivity index (χ1n) is 6.49. The normalized spacial score (nSPS) is 14.1. The fourth-order valence-electron chi connectivity index (χ4n) is 1.86. The van der Waals surface area contributed by atoms with Crippen LogP contribution in [0.15, 0.2) is 22.7 Å². The van der Waals surface area contributed by atoms with Crippen LogP contribution in [0.2, 0.25) is 0 Å². The molecule has 1 aliphatic carbocycles. The zero-order valence-corrected chi connectivity index (χ0v) is 12.5. The van der Waals surface area contributed by atoms with Crippen LogP contribution in [0.4, 0.5) is 5.69 Å². The van der Waals surface area contributed by atoms with Crippen molar-refractivity contribution in [2.24, 2.45) is 5.92 Å². The molecule has 0 radical (unpaired) electrons. The van der Waals surface area contributed by atoms with E-state index < -0.39 is 4.92 Å². The molecule has 7 heteroatoms. The van der Waals surface area contributed by atoms with Gasteiger partial charge in [0.15, 0.2) is 0 Å². The summed E-state index contributed by atoms with van der Waals surface area (Å²) in [5.41, 5.74) is 0.723. The van der Waals surface area contributed by atoms with E-state index in [1.165, 1.54) is 6.07 Å². The first-order valence-corrected chi connectivity index (χ1v) is 7.28. The van der Waals surface area contributed by atoms with Crippen LogP contribution in [0.1, 0.15) is 18.4 Å². The highest BCUT2D eigenvalue weighted by molar-refractivity contribution is 9.10. The molecule has 1 fully saturated rings. The van der Waals surface area contributed by atoms with Gasteiger partial charge in [0, 0.05) is 41.7 Å². The van der Waals surface area contributed by atoms with Crippen molar-refractivity contribution in [2.45, 2.75) is 19.4 Å². The molecule has 1 saturated carbocycles. The topological polar surface area (TPSA) is 84.3 Å². The summed E-state index contributed by atoms with van der Waals surface area (Å²) in [5, 5.41) is 16.8. The molecule has 1 aromatic carbocycles. The Labute approximate surface area is 125 Å². The first kappa shape index (κ1) is 14.9. The zero-order chi connectivity index (χ0) is 14.5. The summed E-state index contributed by atoms with van der Waals surface area (Å²) in [6.45, 7) is 1.52. The van der Waals surface area contributed by atoms with Gasteiger partial charge in [0.25, 0.3) is 5.69 Å². The van der Waals surface area contributed by atoms with Crippen LogP contribution in [0.5, 0.6) is 0 Å². The number of nitrogens with one attached hydrogen (secondary N) is 2. The molecule has 108 valence electrons. The fraction of sp³-hybridized carbons (Fsp3) is 0.462. The predicted octanol–water partition coefficient (Wildman–Crippen LogP) is 1.97. The molecule has 0 heterocycles. The van der Waals surface area contributed by atoms with Gasteiger partial charge in [-0.25, -0.2) is 0 Å². The summed E-state index contributed by atoms with van der Waals surface area (Å²) >= 11 is 3.30. The molecule has 2 rings (SSSR count). The second kappa shape index (κ2) is 6.81. The Morgan fingerprint density at radius 3 is 2.80 bits per heavy atom.